The van der Waals surface area contributed by atoms with Crippen molar-refractivity contribution in [2.75, 3.05) is 46.2 Å². The second-order valence-electron chi connectivity index (χ2n) is 6.85. The maximum absolute atomic E-state index is 13.2. The van der Waals surface area contributed by atoms with E-state index >= 15 is 0 Å². The Labute approximate surface area is 169 Å². The molecular weight excluding hydrogens is 380 g/mol. The van der Waals surface area contributed by atoms with Crippen LogP contribution in [0.15, 0.2) is 42.5 Å². The highest BCUT2D eigenvalue weighted by Gasteiger charge is 2.21. The summed E-state index contributed by atoms with van der Waals surface area (Å²) in [6.07, 6.45) is 0. The molecule has 4 rings (SSSR count). The molecule has 1 amide bonds. The van der Waals surface area contributed by atoms with Crippen LogP contribution in [0, 0.1) is 0 Å². The number of carbonyl (C=O) groups is 1. The van der Waals surface area contributed by atoms with Gasteiger partial charge in [-0.1, -0.05) is 29.8 Å². The van der Waals surface area contributed by atoms with Crippen molar-refractivity contribution < 1.29 is 19.0 Å². The summed E-state index contributed by atoms with van der Waals surface area (Å²) >= 11 is 6.28. The maximum Gasteiger partial charge on any atom is 0.255 e. The van der Waals surface area contributed by atoms with Gasteiger partial charge in [0.15, 0.2) is 11.5 Å². The summed E-state index contributed by atoms with van der Waals surface area (Å²) in [7, 11) is 0. The first-order valence-electron chi connectivity index (χ1n) is 9.43. The molecule has 1 saturated heterocycles. The van der Waals surface area contributed by atoms with Crippen molar-refractivity contribution in [1.82, 2.24) is 9.80 Å². The Morgan fingerprint density at radius 1 is 1.07 bits per heavy atom. The summed E-state index contributed by atoms with van der Waals surface area (Å²) in [6.45, 7) is 5.36. The zero-order valence-corrected chi connectivity index (χ0v) is 16.4. The quantitative estimate of drug-likeness (QED) is 0.743. The van der Waals surface area contributed by atoms with Crippen molar-refractivity contribution in [3.8, 4) is 11.5 Å². The van der Waals surface area contributed by atoms with E-state index in [0.29, 0.717) is 23.7 Å². The molecule has 0 saturated carbocycles. The molecule has 0 spiro atoms. The van der Waals surface area contributed by atoms with Gasteiger partial charge in [0.1, 0.15) is 0 Å². The van der Waals surface area contributed by atoms with Crippen molar-refractivity contribution in [3.63, 3.8) is 0 Å². The Kier molecular flexibility index (Phi) is 6.00. The van der Waals surface area contributed by atoms with Gasteiger partial charge < -0.3 is 19.1 Å². The van der Waals surface area contributed by atoms with Crippen molar-refractivity contribution in [2.24, 2.45) is 0 Å². The van der Waals surface area contributed by atoms with Gasteiger partial charge in [0.25, 0.3) is 5.91 Å². The number of benzene rings is 2. The highest BCUT2D eigenvalue weighted by Crippen LogP contribution is 2.33. The van der Waals surface area contributed by atoms with Gasteiger partial charge >= 0.3 is 0 Å². The van der Waals surface area contributed by atoms with Crippen molar-refractivity contribution >= 4 is 17.5 Å². The van der Waals surface area contributed by atoms with Gasteiger partial charge in [-0.25, -0.2) is 0 Å². The first kappa shape index (κ1) is 19.1. The number of rotatable bonds is 6. The molecule has 0 atom stereocenters. The second kappa shape index (κ2) is 8.82. The van der Waals surface area contributed by atoms with Crippen LogP contribution in [0.5, 0.6) is 11.5 Å². The van der Waals surface area contributed by atoms with Gasteiger partial charge in [0.2, 0.25) is 6.79 Å². The predicted octanol–water partition coefficient (Wildman–Crippen LogP) is 3.04. The Morgan fingerprint density at radius 3 is 2.68 bits per heavy atom. The van der Waals surface area contributed by atoms with Crippen LogP contribution in [-0.4, -0.2) is 61.9 Å². The number of ether oxygens (including phenoxy) is 3. The lowest BCUT2D eigenvalue weighted by Gasteiger charge is -2.30. The number of fused-ring (bicyclic) bond motifs is 1. The molecule has 0 aromatic heterocycles. The topological polar surface area (TPSA) is 51.2 Å². The van der Waals surface area contributed by atoms with Crippen LogP contribution in [0.3, 0.4) is 0 Å². The number of carbonyl (C=O) groups excluding carboxylic acids is 1. The normalized spacial score (nSPS) is 16.2. The van der Waals surface area contributed by atoms with Gasteiger partial charge in [0, 0.05) is 32.7 Å². The number of morpholine rings is 1. The molecule has 2 heterocycles. The van der Waals surface area contributed by atoms with Crippen LogP contribution >= 0.6 is 11.6 Å². The van der Waals surface area contributed by atoms with E-state index in [1.165, 1.54) is 0 Å². The highest BCUT2D eigenvalue weighted by molar-refractivity contribution is 6.33. The number of nitrogens with zero attached hydrogens (tertiary/aromatic N) is 2. The summed E-state index contributed by atoms with van der Waals surface area (Å²) in [5, 5.41) is 0.467. The van der Waals surface area contributed by atoms with Crippen LogP contribution in [0.4, 0.5) is 0 Å². The van der Waals surface area contributed by atoms with Gasteiger partial charge in [0.05, 0.1) is 23.8 Å². The average Bonchev–Trinajstić information content (AvgIpc) is 3.19. The summed E-state index contributed by atoms with van der Waals surface area (Å²) in [5.41, 5.74) is 1.51. The van der Waals surface area contributed by atoms with E-state index in [-0.39, 0.29) is 12.7 Å². The van der Waals surface area contributed by atoms with E-state index in [2.05, 4.69) is 4.90 Å². The minimum absolute atomic E-state index is 0.0727. The molecule has 2 aromatic rings. The third-order valence-electron chi connectivity index (χ3n) is 4.99. The number of halogens is 1. The molecule has 28 heavy (non-hydrogen) atoms. The van der Waals surface area contributed by atoms with E-state index in [9.17, 15) is 4.79 Å². The Hall–Kier alpha value is -2.28. The molecule has 0 unspecified atom stereocenters. The van der Waals surface area contributed by atoms with E-state index in [1.807, 2.05) is 35.2 Å². The van der Waals surface area contributed by atoms with Crippen LogP contribution in [0.25, 0.3) is 0 Å². The standard InChI is InChI=1S/C21H23ClN2O4/c22-18-4-2-1-3-17(18)21(25)24(8-7-23-9-11-26-12-10-23)14-16-5-6-19-20(13-16)28-15-27-19/h1-6,13H,7-12,14-15H2. The summed E-state index contributed by atoms with van der Waals surface area (Å²) in [5.74, 6) is 1.38. The summed E-state index contributed by atoms with van der Waals surface area (Å²) in [6, 6.07) is 13.0. The molecule has 1 fully saturated rings. The smallest absolute Gasteiger partial charge is 0.255 e. The van der Waals surface area contributed by atoms with Crippen LogP contribution < -0.4 is 9.47 Å². The van der Waals surface area contributed by atoms with Crippen LogP contribution in [0.2, 0.25) is 5.02 Å². The zero-order chi connectivity index (χ0) is 19.3. The molecule has 6 nitrogen and oxygen atoms in total. The average molecular weight is 403 g/mol. The molecule has 2 aromatic carbocycles. The van der Waals surface area contributed by atoms with E-state index in [1.54, 1.807) is 12.1 Å². The second-order valence-corrected chi connectivity index (χ2v) is 7.26. The largest absolute Gasteiger partial charge is 0.454 e. The number of hydrogen-bond acceptors (Lipinski definition) is 5. The lowest BCUT2D eigenvalue weighted by Crippen LogP contribution is -2.43. The Balaban J connectivity index is 1.52. The molecule has 2 aliphatic heterocycles. The van der Waals surface area contributed by atoms with Gasteiger partial charge in [-0.3, -0.25) is 9.69 Å². The van der Waals surface area contributed by atoms with Crippen LogP contribution in [-0.2, 0) is 11.3 Å². The minimum atomic E-state index is -0.0727. The third kappa shape index (κ3) is 4.41. The monoisotopic (exact) mass is 402 g/mol. The fourth-order valence-corrected chi connectivity index (χ4v) is 3.62. The predicted molar refractivity (Wildman–Crippen MR) is 106 cm³/mol. The van der Waals surface area contributed by atoms with Gasteiger partial charge in [-0.15, -0.1) is 0 Å². The van der Waals surface area contributed by atoms with Crippen molar-refractivity contribution in [3.05, 3.63) is 58.6 Å². The van der Waals surface area contributed by atoms with Crippen molar-refractivity contribution in [1.29, 1.82) is 0 Å². The lowest BCUT2D eigenvalue weighted by atomic mass is 10.1. The van der Waals surface area contributed by atoms with Crippen molar-refractivity contribution in [2.45, 2.75) is 6.54 Å². The molecular formula is C21H23ClN2O4. The van der Waals surface area contributed by atoms with Gasteiger partial charge in [-0.05, 0) is 29.8 Å². The fraction of sp³-hybridized carbons (Fsp3) is 0.381. The highest BCUT2D eigenvalue weighted by atomic mass is 35.5. The Morgan fingerprint density at radius 2 is 1.86 bits per heavy atom. The molecule has 2 aliphatic rings. The SMILES string of the molecule is O=C(c1ccccc1Cl)N(CCN1CCOCC1)Cc1ccc2c(c1)OCO2. The minimum Gasteiger partial charge on any atom is -0.454 e. The van der Waals surface area contributed by atoms with Gasteiger partial charge in [-0.2, -0.15) is 0 Å². The molecule has 148 valence electrons. The van der Waals surface area contributed by atoms with Crippen LogP contribution in [0.1, 0.15) is 15.9 Å². The number of hydrogen-bond donors (Lipinski definition) is 0. The summed E-state index contributed by atoms with van der Waals surface area (Å²) < 4.78 is 16.3. The first-order valence-corrected chi connectivity index (χ1v) is 9.81. The number of amides is 1. The maximum atomic E-state index is 13.2. The molecule has 0 N–H and O–H groups in total. The Bertz CT molecular complexity index is 839. The van der Waals surface area contributed by atoms with E-state index < -0.39 is 0 Å². The molecule has 0 radical (unpaired) electrons. The van der Waals surface area contributed by atoms with E-state index in [0.717, 1.165) is 49.9 Å². The first-order chi connectivity index (χ1) is 13.7. The third-order valence-corrected chi connectivity index (χ3v) is 5.32. The molecule has 0 aliphatic carbocycles. The molecule has 7 heteroatoms. The lowest BCUT2D eigenvalue weighted by molar-refractivity contribution is 0.0320. The molecule has 0 bridgehead atoms. The fourth-order valence-electron chi connectivity index (χ4n) is 3.40. The summed E-state index contributed by atoms with van der Waals surface area (Å²) in [4.78, 5) is 17.4. The zero-order valence-electron chi connectivity index (χ0n) is 15.6. The van der Waals surface area contributed by atoms with E-state index in [4.69, 9.17) is 25.8 Å².